The molecule has 0 amide bonds. The van der Waals surface area contributed by atoms with Crippen molar-refractivity contribution in [1.82, 2.24) is 5.32 Å². The minimum Gasteiger partial charge on any atom is -0.377 e. The highest BCUT2D eigenvalue weighted by Crippen LogP contribution is 2.07. The summed E-state index contributed by atoms with van der Waals surface area (Å²) in [7, 11) is 0. The first-order valence-electron chi connectivity index (χ1n) is 5.41. The van der Waals surface area contributed by atoms with E-state index in [1.54, 1.807) is 0 Å². The molecular weight excluding hydrogens is 162 g/mol. The van der Waals surface area contributed by atoms with Crippen LogP contribution >= 0.6 is 0 Å². The largest absolute Gasteiger partial charge is 0.377 e. The number of hydrogen-bond donors (Lipinski definition) is 1. The summed E-state index contributed by atoms with van der Waals surface area (Å²) < 4.78 is 5.70. The van der Waals surface area contributed by atoms with Crippen molar-refractivity contribution in [1.29, 1.82) is 0 Å². The monoisotopic (exact) mass is 187 g/mol. The molecule has 0 bridgehead atoms. The number of ether oxygens (including phenoxy) is 1. The van der Waals surface area contributed by atoms with Gasteiger partial charge in [0.2, 0.25) is 0 Å². The summed E-state index contributed by atoms with van der Waals surface area (Å²) in [4.78, 5) is 0. The van der Waals surface area contributed by atoms with Crippen molar-refractivity contribution < 1.29 is 4.74 Å². The summed E-state index contributed by atoms with van der Waals surface area (Å²) in [6, 6.07) is 0.472. The molecule has 0 saturated heterocycles. The summed E-state index contributed by atoms with van der Waals surface area (Å²) in [5, 5.41) is 3.33. The van der Waals surface area contributed by atoms with Crippen LogP contribution in [-0.4, -0.2) is 25.3 Å². The smallest absolute Gasteiger partial charge is 0.0620 e. The zero-order chi connectivity index (χ0) is 10.3. The molecule has 0 radical (unpaired) electrons. The minimum atomic E-state index is 0.390. The maximum Gasteiger partial charge on any atom is 0.0620 e. The van der Waals surface area contributed by atoms with E-state index in [-0.39, 0.29) is 0 Å². The lowest BCUT2D eigenvalue weighted by Gasteiger charge is -2.18. The topological polar surface area (TPSA) is 21.3 Å². The molecule has 0 heterocycles. The van der Waals surface area contributed by atoms with Crippen molar-refractivity contribution in [2.45, 2.75) is 53.2 Å². The van der Waals surface area contributed by atoms with Gasteiger partial charge in [-0.1, -0.05) is 20.8 Å². The van der Waals surface area contributed by atoms with Crippen LogP contribution in [0.5, 0.6) is 0 Å². The van der Waals surface area contributed by atoms with Crippen LogP contribution in [0.1, 0.15) is 41.0 Å². The molecule has 80 valence electrons. The Morgan fingerprint density at radius 3 is 2.23 bits per heavy atom. The summed E-state index contributed by atoms with van der Waals surface area (Å²) in [5.41, 5.74) is 0. The molecule has 2 nitrogen and oxygen atoms in total. The number of rotatable bonds is 7. The van der Waals surface area contributed by atoms with Crippen molar-refractivity contribution in [3.8, 4) is 0 Å². The van der Waals surface area contributed by atoms with Gasteiger partial charge in [-0.15, -0.1) is 0 Å². The van der Waals surface area contributed by atoms with Crippen LogP contribution in [0.2, 0.25) is 0 Å². The summed E-state index contributed by atoms with van der Waals surface area (Å²) >= 11 is 0. The van der Waals surface area contributed by atoms with Crippen LogP contribution in [0.3, 0.4) is 0 Å². The van der Waals surface area contributed by atoms with Gasteiger partial charge in [-0.05, 0) is 32.7 Å². The van der Waals surface area contributed by atoms with Crippen LogP contribution < -0.4 is 5.32 Å². The van der Waals surface area contributed by atoms with E-state index < -0.39 is 0 Å². The maximum atomic E-state index is 5.70. The molecule has 2 atom stereocenters. The summed E-state index contributed by atoms with van der Waals surface area (Å²) in [6.45, 7) is 12.7. The van der Waals surface area contributed by atoms with Gasteiger partial charge >= 0.3 is 0 Å². The van der Waals surface area contributed by atoms with E-state index in [4.69, 9.17) is 4.74 Å². The highest BCUT2D eigenvalue weighted by molar-refractivity contribution is 4.60. The van der Waals surface area contributed by atoms with E-state index in [0.717, 1.165) is 25.5 Å². The summed E-state index contributed by atoms with van der Waals surface area (Å²) in [5.74, 6) is 0.726. The van der Waals surface area contributed by atoms with Crippen LogP contribution in [-0.2, 0) is 4.74 Å². The molecule has 2 heteroatoms. The maximum absolute atomic E-state index is 5.70. The Hall–Kier alpha value is -0.0800. The van der Waals surface area contributed by atoms with E-state index in [2.05, 4.69) is 39.9 Å². The molecule has 0 aliphatic carbocycles. The van der Waals surface area contributed by atoms with E-state index in [1.807, 2.05) is 0 Å². The third kappa shape index (κ3) is 8.26. The molecule has 0 saturated carbocycles. The van der Waals surface area contributed by atoms with Crippen molar-refractivity contribution in [2.75, 3.05) is 13.2 Å². The fraction of sp³-hybridized carbons (Fsp3) is 1.00. The van der Waals surface area contributed by atoms with Crippen LogP contribution in [0.15, 0.2) is 0 Å². The molecular formula is C11H25NO. The first-order valence-corrected chi connectivity index (χ1v) is 5.41. The van der Waals surface area contributed by atoms with Crippen molar-refractivity contribution >= 4 is 0 Å². The number of likely N-dealkylation sites (N-methyl/N-ethyl adjacent to an activating group) is 1. The van der Waals surface area contributed by atoms with Gasteiger partial charge in [0, 0.05) is 6.04 Å². The Morgan fingerprint density at radius 2 is 1.77 bits per heavy atom. The van der Waals surface area contributed by atoms with Crippen LogP contribution in [0.25, 0.3) is 0 Å². The fourth-order valence-corrected chi connectivity index (χ4v) is 1.45. The van der Waals surface area contributed by atoms with Gasteiger partial charge in [-0.25, -0.2) is 0 Å². The van der Waals surface area contributed by atoms with Gasteiger partial charge in [0.05, 0.1) is 12.7 Å². The molecule has 0 spiro atoms. The standard InChI is InChI=1S/C11H25NO/c1-6-12-10(4)8-13-11(5)7-9(2)3/h9-12H,6-8H2,1-5H3. The van der Waals surface area contributed by atoms with Crippen LogP contribution in [0, 0.1) is 5.92 Å². The third-order valence-electron chi connectivity index (χ3n) is 1.99. The lowest BCUT2D eigenvalue weighted by molar-refractivity contribution is 0.0404. The second-order valence-corrected chi connectivity index (χ2v) is 4.23. The van der Waals surface area contributed by atoms with E-state index in [1.165, 1.54) is 0 Å². The first kappa shape index (κ1) is 12.9. The van der Waals surface area contributed by atoms with Crippen molar-refractivity contribution in [2.24, 2.45) is 5.92 Å². The van der Waals surface area contributed by atoms with E-state index >= 15 is 0 Å². The lowest BCUT2D eigenvalue weighted by Crippen LogP contribution is -2.31. The van der Waals surface area contributed by atoms with E-state index in [0.29, 0.717) is 12.1 Å². The predicted molar refractivity (Wildman–Crippen MR) is 58.0 cm³/mol. The molecule has 0 aromatic heterocycles. The highest BCUT2D eigenvalue weighted by Gasteiger charge is 2.07. The summed E-state index contributed by atoms with van der Waals surface area (Å²) in [6.07, 6.45) is 1.54. The zero-order valence-electron chi connectivity index (χ0n) is 9.76. The lowest BCUT2D eigenvalue weighted by atomic mass is 10.1. The Balaban J connectivity index is 3.40. The molecule has 0 fully saturated rings. The van der Waals surface area contributed by atoms with Gasteiger partial charge < -0.3 is 10.1 Å². The molecule has 0 aromatic rings. The average Bonchev–Trinajstić information content (AvgIpc) is 2.00. The zero-order valence-corrected chi connectivity index (χ0v) is 9.76. The van der Waals surface area contributed by atoms with Crippen LogP contribution in [0.4, 0.5) is 0 Å². The molecule has 2 unspecified atom stereocenters. The van der Waals surface area contributed by atoms with Gasteiger partial charge in [-0.3, -0.25) is 0 Å². The van der Waals surface area contributed by atoms with Gasteiger partial charge in [0.15, 0.2) is 0 Å². The first-order chi connectivity index (χ1) is 6.06. The minimum absolute atomic E-state index is 0.390. The van der Waals surface area contributed by atoms with Crippen molar-refractivity contribution in [3.05, 3.63) is 0 Å². The number of nitrogens with one attached hydrogen (secondary N) is 1. The second-order valence-electron chi connectivity index (χ2n) is 4.23. The van der Waals surface area contributed by atoms with Crippen molar-refractivity contribution in [3.63, 3.8) is 0 Å². The Morgan fingerprint density at radius 1 is 1.15 bits per heavy atom. The third-order valence-corrected chi connectivity index (χ3v) is 1.99. The predicted octanol–water partition coefficient (Wildman–Crippen LogP) is 2.44. The Bertz CT molecular complexity index is 115. The van der Waals surface area contributed by atoms with E-state index in [9.17, 15) is 0 Å². The van der Waals surface area contributed by atoms with Gasteiger partial charge in [0.1, 0.15) is 0 Å². The highest BCUT2D eigenvalue weighted by atomic mass is 16.5. The average molecular weight is 187 g/mol. The molecule has 0 aliphatic heterocycles. The molecule has 1 N–H and O–H groups in total. The molecule has 0 aromatic carbocycles. The molecule has 0 rings (SSSR count). The Kier molecular flexibility index (Phi) is 7.29. The SMILES string of the molecule is CCNC(C)COC(C)CC(C)C. The second kappa shape index (κ2) is 7.34. The molecule has 13 heavy (non-hydrogen) atoms. The number of hydrogen-bond acceptors (Lipinski definition) is 2. The fourth-order valence-electron chi connectivity index (χ4n) is 1.45. The van der Waals surface area contributed by atoms with Gasteiger partial charge in [0.25, 0.3) is 0 Å². The normalized spacial score (nSPS) is 16.2. The Labute approximate surface area is 83.1 Å². The quantitative estimate of drug-likeness (QED) is 0.661. The van der Waals surface area contributed by atoms with Gasteiger partial charge in [-0.2, -0.15) is 0 Å². The molecule has 0 aliphatic rings.